The molecule has 0 heterocycles. The van der Waals surface area contributed by atoms with E-state index in [9.17, 15) is 5.11 Å². The minimum absolute atomic E-state index is 0.0260. The highest BCUT2D eigenvalue weighted by molar-refractivity contribution is 5.15. The molecule has 7 unspecified atom stereocenters. The zero-order valence-electron chi connectivity index (χ0n) is 25.2. The first kappa shape index (κ1) is 29.4. The van der Waals surface area contributed by atoms with Crippen molar-refractivity contribution in [1.82, 2.24) is 0 Å². The molecule has 37 heavy (non-hydrogen) atoms. The standard InChI is InChI=1S/C36H62O/c1-6-9-24-36(23-7-2,32-17-13-30(14-18-32)31-12-10-11-28(8-3)25-31)35-22-21-34(35)27(5)26(4)29-15-19-33(37)20-16-29/h8,13,26-29,31-35,37H,3,6-7,9-12,14-25H2,1-2,4-5H3/t26?,27?,28?,29?,31?,32?,33?,34-,35?,36?/m0/s1. The van der Waals surface area contributed by atoms with E-state index in [1.54, 1.807) is 0 Å². The fraction of sp³-hybridized carbons (Fsp3) is 0.889. The van der Waals surface area contributed by atoms with Crippen LogP contribution in [-0.2, 0) is 0 Å². The van der Waals surface area contributed by atoms with Crippen LogP contribution in [-0.4, -0.2) is 11.2 Å². The molecule has 1 nitrogen and oxygen atoms in total. The Morgan fingerprint density at radius 1 is 0.946 bits per heavy atom. The summed E-state index contributed by atoms with van der Waals surface area (Å²) in [4.78, 5) is 0. The van der Waals surface area contributed by atoms with Gasteiger partial charge in [0.2, 0.25) is 0 Å². The molecule has 0 aromatic heterocycles. The lowest BCUT2D eigenvalue weighted by Gasteiger charge is -2.58. The lowest BCUT2D eigenvalue weighted by Crippen LogP contribution is -2.50. The molecule has 0 aromatic carbocycles. The highest BCUT2D eigenvalue weighted by Crippen LogP contribution is 2.61. The van der Waals surface area contributed by atoms with Crippen LogP contribution in [0.4, 0.5) is 0 Å². The molecule has 0 radical (unpaired) electrons. The summed E-state index contributed by atoms with van der Waals surface area (Å²) in [7, 11) is 0. The molecule has 0 bridgehead atoms. The third-order valence-electron chi connectivity index (χ3n) is 12.6. The molecule has 8 atom stereocenters. The Morgan fingerprint density at radius 3 is 2.32 bits per heavy atom. The van der Waals surface area contributed by atoms with Crippen LogP contribution >= 0.6 is 0 Å². The predicted molar refractivity (Wildman–Crippen MR) is 160 cm³/mol. The Bertz CT molecular complexity index is 729. The lowest BCUT2D eigenvalue weighted by molar-refractivity contribution is -0.0825. The molecule has 1 N–H and O–H groups in total. The smallest absolute Gasteiger partial charge is 0.0540 e. The largest absolute Gasteiger partial charge is 0.393 e. The van der Waals surface area contributed by atoms with Crippen molar-refractivity contribution in [2.24, 2.45) is 52.8 Å². The maximum atomic E-state index is 10.1. The van der Waals surface area contributed by atoms with Crippen molar-refractivity contribution in [2.75, 3.05) is 0 Å². The van der Waals surface area contributed by atoms with E-state index in [4.69, 9.17) is 0 Å². The summed E-state index contributed by atoms with van der Waals surface area (Å²) >= 11 is 0. The number of aliphatic hydroxyl groups excluding tert-OH is 1. The van der Waals surface area contributed by atoms with E-state index in [1.165, 1.54) is 103 Å². The van der Waals surface area contributed by atoms with Gasteiger partial charge in [0.05, 0.1) is 6.10 Å². The first-order chi connectivity index (χ1) is 17.9. The van der Waals surface area contributed by atoms with Crippen molar-refractivity contribution in [3.63, 3.8) is 0 Å². The molecule has 3 saturated carbocycles. The SMILES string of the molecule is C=CC1CCCC(C2=CCC(C(CCC)(CCCC)C3CC[C@H]3C(C)C(C)C3CCC(O)CC3)CC2)C1. The summed E-state index contributed by atoms with van der Waals surface area (Å²) in [6.07, 6.45) is 29.4. The van der Waals surface area contributed by atoms with Gasteiger partial charge in [-0.15, -0.1) is 6.58 Å². The van der Waals surface area contributed by atoms with Gasteiger partial charge in [0.25, 0.3) is 0 Å². The fourth-order valence-electron chi connectivity index (χ4n) is 10.0. The van der Waals surface area contributed by atoms with Crippen LogP contribution in [0.25, 0.3) is 0 Å². The van der Waals surface area contributed by atoms with Crippen molar-refractivity contribution in [1.29, 1.82) is 0 Å². The minimum atomic E-state index is -0.0260. The molecule has 0 saturated heterocycles. The van der Waals surface area contributed by atoms with Gasteiger partial charge in [-0.2, -0.15) is 0 Å². The van der Waals surface area contributed by atoms with Gasteiger partial charge in [0.1, 0.15) is 0 Å². The van der Waals surface area contributed by atoms with Gasteiger partial charge in [0, 0.05) is 0 Å². The van der Waals surface area contributed by atoms with Crippen LogP contribution in [0.2, 0.25) is 0 Å². The summed E-state index contributed by atoms with van der Waals surface area (Å²) in [5.74, 6) is 6.88. The van der Waals surface area contributed by atoms with E-state index in [2.05, 4.69) is 46.4 Å². The molecular formula is C36H62O. The molecule has 4 rings (SSSR count). The van der Waals surface area contributed by atoms with E-state index in [0.29, 0.717) is 5.41 Å². The molecule has 0 aliphatic heterocycles. The fourth-order valence-corrected chi connectivity index (χ4v) is 10.0. The number of allylic oxidation sites excluding steroid dienone is 3. The lowest BCUT2D eigenvalue weighted by atomic mass is 9.47. The van der Waals surface area contributed by atoms with Crippen LogP contribution < -0.4 is 0 Å². The van der Waals surface area contributed by atoms with Gasteiger partial charge >= 0.3 is 0 Å². The molecule has 4 aliphatic rings. The monoisotopic (exact) mass is 510 g/mol. The average molecular weight is 511 g/mol. The van der Waals surface area contributed by atoms with Gasteiger partial charge < -0.3 is 5.11 Å². The van der Waals surface area contributed by atoms with Crippen LogP contribution in [0, 0.1) is 52.8 Å². The van der Waals surface area contributed by atoms with E-state index in [0.717, 1.165) is 60.2 Å². The predicted octanol–water partition coefficient (Wildman–Crippen LogP) is 10.5. The van der Waals surface area contributed by atoms with Crippen LogP contribution in [0.15, 0.2) is 24.3 Å². The van der Waals surface area contributed by atoms with Crippen molar-refractivity contribution in [2.45, 2.75) is 149 Å². The zero-order valence-corrected chi connectivity index (χ0v) is 25.2. The van der Waals surface area contributed by atoms with E-state index in [-0.39, 0.29) is 6.10 Å². The number of aliphatic hydroxyl groups is 1. The second-order valence-corrected chi connectivity index (χ2v) is 14.3. The van der Waals surface area contributed by atoms with Crippen molar-refractivity contribution >= 4 is 0 Å². The number of rotatable bonds is 12. The third-order valence-corrected chi connectivity index (χ3v) is 12.6. The second kappa shape index (κ2) is 13.7. The Balaban J connectivity index is 1.49. The van der Waals surface area contributed by atoms with E-state index < -0.39 is 0 Å². The third kappa shape index (κ3) is 6.61. The molecule has 212 valence electrons. The van der Waals surface area contributed by atoms with Gasteiger partial charge in [0.15, 0.2) is 0 Å². The van der Waals surface area contributed by atoms with Crippen molar-refractivity contribution < 1.29 is 5.11 Å². The van der Waals surface area contributed by atoms with E-state index in [1.807, 2.05) is 5.57 Å². The van der Waals surface area contributed by atoms with Crippen LogP contribution in [0.5, 0.6) is 0 Å². The first-order valence-electron chi connectivity index (χ1n) is 16.9. The van der Waals surface area contributed by atoms with Gasteiger partial charge in [-0.25, -0.2) is 0 Å². The summed E-state index contributed by atoms with van der Waals surface area (Å²) in [5.41, 5.74) is 2.40. The highest BCUT2D eigenvalue weighted by atomic mass is 16.3. The summed E-state index contributed by atoms with van der Waals surface area (Å²) in [5, 5.41) is 10.1. The summed E-state index contributed by atoms with van der Waals surface area (Å²) < 4.78 is 0. The second-order valence-electron chi connectivity index (χ2n) is 14.3. The molecule has 0 aromatic rings. The summed E-state index contributed by atoms with van der Waals surface area (Å²) in [6, 6.07) is 0. The number of hydrogen-bond donors (Lipinski definition) is 1. The summed E-state index contributed by atoms with van der Waals surface area (Å²) in [6.45, 7) is 14.2. The first-order valence-corrected chi connectivity index (χ1v) is 16.9. The highest BCUT2D eigenvalue weighted by Gasteiger charge is 2.52. The van der Waals surface area contributed by atoms with Crippen molar-refractivity contribution in [3.8, 4) is 0 Å². The van der Waals surface area contributed by atoms with E-state index >= 15 is 0 Å². The quantitative estimate of drug-likeness (QED) is 0.259. The maximum absolute atomic E-state index is 10.1. The Morgan fingerprint density at radius 2 is 1.73 bits per heavy atom. The van der Waals surface area contributed by atoms with Gasteiger partial charge in [-0.3, -0.25) is 0 Å². The van der Waals surface area contributed by atoms with Crippen LogP contribution in [0.1, 0.15) is 143 Å². The molecule has 1 heteroatoms. The number of hydrogen-bond acceptors (Lipinski definition) is 1. The maximum Gasteiger partial charge on any atom is 0.0540 e. The van der Waals surface area contributed by atoms with Gasteiger partial charge in [-0.05, 0) is 143 Å². The Hall–Kier alpha value is -0.560. The topological polar surface area (TPSA) is 20.2 Å². The average Bonchev–Trinajstić information content (AvgIpc) is 2.91. The Labute approximate surface area is 231 Å². The Kier molecular flexibility index (Phi) is 10.9. The number of unbranched alkanes of at least 4 members (excludes halogenated alkanes) is 1. The molecule has 0 amide bonds. The normalized spacial score (nSPS) is 38.1. The molecule has 3 fully saturated rings. The molecular weight excluding hydrogens is 448 g/mol. The minimum Gasteiger partial charge on any atom is -0.393 e. The van der Waals surface area contributed by atoms with Gasteiger partial charge in [-0.1, -0.05) is 71.1 Å². The van der Waals surface area contributed by atoms with Crippen molar-refractivity contribution in [3.05, 3.63) is 24.3 Å². The molecule has 0 spiro atoms. The molecule has 4 aliphatic carbocycles. The van der Waals surface area contributed by atoms with Crippen LogP contribution in [0.3, 0.4) is 0 Å². The zero-order chi connectivity index (χ0) is 26.4.